The molecule has 0 heterocycles. The van der Waals surface area contributed by atoms with Crippen LogP contribution in [-0.2, 0) is 4.79 Å². The minimum absolute atomic E-state index is 0.0357. The van der Waals surface area contributed by atoms with E-state index in [0.29, 0.717) is 47.8 Å². The molecule has 0 saturated carbocycles. The van der Waals surface area contributed by atoms with E-state index in [1.54, 1.807) is 30.3 Å². The molecule has 0 aliphatic rings. The van der Waals surface area contributed by atoms with Crippen LogP contribution >= 0.6 is 0 Å². The number of rotatable bonds is 12. The molecule has 3 N–H and O–H groups in total. The van der Waals surface area contributed by atoms with E-state index in [2.05, 4.69) is 15.8 Å². The number of unbranched alkanes of at least 4 members (excludes halogenated alkanes) is 2. The Bertz CT molecular complexity index is 945. The first-order chi connectivity index (χ1) is 15.5. The highest BCUT2D eigenvalue weighted by molar-refractivity contribution is 5.94. The van der Waals surface area contributed by atoms with Crippen molar-refractivity contribution in [1.29, 1.82) is 0 Å². The van der Waals surface area contributed by atoms with Gasteiger partial charge in [-0.2, -0.15) is 5.10 Å². The van der Waals surface area contributed by atoms with Crippen LogP contribution in [0, 0.1) is 0 Å². The van der Waals surface area contributed by atoms with Crippen LogP contribution in [0.4, 0.5) is 0 Å². The summed E-state index contributed by atoms with van der Waals surface area (Å²) >= 11 is 0. The number of hydrogen-bond donors (Lipinski definition) is 3. The number of carbonyl (C=O) groups is 2. The summed E-state index contributed by atoms with van der Waals surface area (Å²) in [4.78, 5) is 24.1. The number of benzene rings is 2. The van der Waals surface area contributed by atoms with Gasteiger partial charge in [-0.3, -0.25) is 9.59 Å². The lowest BCUT2D eigenvalue weighted by Crippen LogP contribution is -2.24. The van der Waals surface area contributed by atoms with Gasteiger partial charge in [0, 0.05) is 18.5 Å². The van der Waals surface area contributed by atoms with Gasteiger partial charge in [-0.15, -0.1) is 0 Å². The van der Waals surface area contributed by atoms with E-state index >= 15 is 0 Å². The summed E-state index contributed by atoms with van der Waals surface area (Å²) in [6, 6.07) is 9.76. The van der Waals surface area contributed by atoms with Crippen molar-refractivity contribution in [2.75, 3.05) is 27.9 Å². The first kappa shape index (κ1) is 24.5. The van der Waals surface area contributed by atoms with Crippen LogP contribution in [-0.4, -0.2) is 51.0 Å². The summed E-state index contributed by atoms with van der Waals surface area (Å²) in [5.74, 6) is 1.05. The molecule has 0 aromatic heterocycles. The average Bonchev–Trinajstić information content (AvgIpc) is 2.81. The zero-order valence-electron chi connectivity index (χ0n) is 18.5. The standard InChI is InChI=1S/C23H29N3O6/c1-30-19-11-9-17(14-21(19)32-3)23(29)24-12-6-4-5-7-22(28)26-25-15-16-8-10-18(27)20(13-16)31-2/h8-11,13-15,27H,4-7,12H2,1-3H3,(H,24,29)(H,26,28)/b25-15+. The molecule has 0 bridgehead atoms. The smallest absolute Gasteiger partial charge is 0.251 e. The second-order valence-electron chi connectivity index (χ2n) is 6.86. The Morgan fingerprint density at radius 2 is 1.69 bits per heavy atom. The van der Waals surface area contributed by atoms with E-state index in [1.807, 2.05) is 0 Å². The lowest BCUT2D eigenvalue weighted by molar-refractivity contribution is -0.121. The van der Waals surface area contributed by atoms with Crippen molar-refractivity contribution < 1.29 is 28.9 Å². The number of hydrazone groups is 1. The fourth-order valence-corrected chi connectivity index (χ4v) is 2.88. The molecule has 9 heteroatoms. The molecule has 0 aliphatic carbocycles. The molecule has 2 aromatic rings. The molecule has 0 aliphatic heterocycles. The maximum atomic E-state index is 12.2. The number of phenols is 1. The van der Waals surface area contributed by atoms with E-state index in [9.17, 15) is 14.7 Å². The lowest BCUT2D eigenvalue weighted by Gasteiger charge is -2.10. The number of hydrogen-bond acceptors (Lipinski definition) is 7. The lowest BCUT2D eigenvalue weighted by atomic mass is 10.1. The SMILES string of the molecule is COc1cc(/C=N/NC(=O)CCCCCNC(=O)c2ccc(OC)c(OC)c2)ccc1O. The van der Waals surface area contributed by atoms with Gasteiger partial charge in [0.1, 0.15) is 0 Å². The molecule has 9 nitrogen and oxygen atoms in total. The van der Waals surface area contributed by atoms with Gasteiger partial charge in [-0.05, 0) is 54.8 Å². The van der Waals surface area contributed by atoms with Gasteiger partial charge in [0.25, 0.3) is 5.91 Å². The van der Waals surface area contributed by atoms with Crippen molar-refractivity contribution in [2.24, 2.45) is 5.10 Å². The van der Waals surface area contributed by atoms with Gasteiger partial charge in [-0.1, -0.05) is 6.42 Å². The molecule has 2 rings (SSSR count). The number of amides is 2. The minimum atomic E-state index is -0.193. The monoisotopic (exact) mass is 443 g/mol. The second kappa shape index (κ2) is 12.8. The molecule has 172 valence electrons. The van der Waals surface area contributed by atoms with E-state index in [-0.39, 0.29) is 17.6 Å². The summed E-state index contributed by atoms with van der Waals surface area (Å²) in [6.07, 6.45) is 4.03. The maximum absolute atomic E-state index is 12.2. The van der Waals surface area contributed by atoms with Crippen LogP contribution in [0.3, 0.4) is 0 Å². The van der Waals surface area contributed by atoms with Crippen LogP contribution in [0.25, 0.3) is 0 Å². The summed E-state index contributed by atoms with van der Waals surface area (Å²) in [5.41, 5.74) is 3.65. The Morgan fingerprint density at radius 1 is 0.938 bits per heavy atom. The zero-order chi connectivity index (χ0) is 23.3. The van der Waals surface area contributed by atoms with Crippen molar-refractivity contribution >= 4 is 18.0 Å². The number of carbonyl (C=O) groups excluding carboxylic acids is 2. The molecule has 0 atom stereocenters. The van der Waals surface area contributed by atoms with Crippen LogP contribution < -0.4 is 25.0 Å². The molecule has 2 aromatic carbocycles. The summed E-state index contributed by atoms with van der Waals surface area (Å²) in [7, 11) is 4.52. The van der Waals surface area contributed by atoms with Crippen molar-refractivity contribution in [3.8, 4) is 23.0 Å². The quantitative estimate of drug-likeness (QED) is 0.264. The van der Waals surface area contributed by atoms with Gasteiger partial charge in [0.15, 0.2) is 23.0 Å². The molecule has 2 amide bonds. The Balaban J connectivity index is 1.63. The number of nitrogens with zero attached hydrogens (tertiary/aromatic N) is 1. The highest BCUT2D eigenvalue weighted by Crippen LogP contribution is 2.27. The van der Waals surface area contributed by atoms with Crippen LogP contribution in [0.5, 0.6) is 23.0 Å². The number of nitrogens with one attached hydrogen (secondary N) is 2. The molecular weight excluding hydrogens is 414 g/mol. The fraction of sp³-hybridized carbons (Fsp3) is 0.348. The van der Waals surface area contributed by atoms with Crippen molar-refractivity contribution in [1.82, 2.24) is 10.7 Å². The Kier molecular flexibility index (Phi) is 9.83. The normalized spacial score (nSPS) is 10.6. The number of ether oxygens (including phenoxy) is 3. The number of aromatic hydroxyl groups is 1. The first-order valence-corrected chi connectivity index (χ1v) is 10.2. The van der Waals surface area contributed by atoms with E-state index in [1.165, 1.54) is 33.6 Å². The van der Waals surface area contributed by atoms with E-state index in [0.717, 1.165) is 12.8 Å². The molecule has 0 fully saturated rings. The largest absolute Gasteiger partial charge is 0.504 e. The molecule has 0 unspecified atom stereocenters. The van der Waals surface area contributed by atoms with Gasteiger partial charge >= 0.3 is 0 Å². The van der Waals surface area contributed by atoms with Gasteiger partial charge in [-0.25, -0.2) is 5.43 Å². The van der Waals surface area contributed by atoms with Crippen molar-refractivity contribution in [3.63, 3.8) is 0 Å². The topological polar surface area (TPSA) is 118 Å². The number of phenolic OH excluding ortho intramolecular Hbond substituents is 1. The third-order valence-electron chi connectivity index (χ3n) is 4.62. The van der Waals surface area contributed by atoms with Crippen LogP contribution in [0.15, 0.2) is 41.5 Å². The molecule has 0 spiro atoms. The third-order valence-corrected chi connectivity index (χ3v) is 4.62. The van der Waals surface area contributed by atoms with E-state index < -0.39 is 0 Å². The van der Waals surface area contributed by atoms with Crippen LogP contribution in [0.2, 0.25) is 0 Å². The van der Waals surface area contributed by atoms with Gasteiger partial charge < -0.3 is 24.6 Å². The molecule has 32 heavy (non-hydrogen) atoms. The Labute approximate surface area is 187 Å². The van der Waals surface area contributed by atoms with Gasteiger partial charge in [0.05, 0.1) is 27.5 Å². The highest BCUT2D eigenvalue weighted by Gasteiger charge is 2.10. The van der Waals surface area contributed by atoms with E-state index in [4.69, 9.17) is 14.2 Å². The minimum Gasteiger partial charge on any atom is -0.504 e. The Hall–Kier alpha value is -3.75. The molecule has 0 radical (unpaired) electrons. The average molecular weight is 444 g/mol. The number of methoxy groups -OCH3 is 3. The summed E-state index contributed by atoms with van der Waals surface area (Å²) in [5, 5.41) is 16.3. The highest BCUT2D eigenvalue weighted by atomic mass is 16.5. The second-order valence-corrected chi connectivity index (χ2v) is 6.86. The predicted molar refractivity (Wildman–Crippen MR) is 121 cm³/mol. The fourth-order valence-electron chi connectivity index (χ4n) is 2.88. The third kappa shape index (κ3) is 7.50. The summed E-state index contributed by atoms with van der Waals surface area (Å²) in [6.45, 7) is 0.510. The summed E-state index contributed by atoms with van der Waals surface area (Å²) < 4.78 is 15.4. The molecule has 0 saturated heterocycles. The zero-order valence-corrected chi connectivity index (χ0v) is 18.5. The predicted octanol–water partition coefficient (Wildman–Crippen LogP) is 2.86. The van der Waals surface area contributed by atoms with Crippen molar-refractivity contribution in [3.05, 3.63) is 47.5 Å². The van der Waals surface area contributed by atoms with Crippen molar-refractivity contribution in [2.45, 2.75) is 25.7 Å². The first-order valence-electron chi connectivity index (χ1n) is 10.2. The molecular formula is C23H29N3O6. The van der Waals surface area contributed by atoms with Crippen LogP contribution in [0.1, 0.15) is 41.6 Å². The Morgan fingerprint density at radius 3 is 2.41 bits per heavy atom. The maximum Gasteiger partial charge on any atom is 0.251 e. The van der Waals surface area contributed by atoms with Gasteiger partial charge in [0.2, 0.25) is 5.91 Å².